The van der Waals surface area contributed by atoms with Crippen molar-refractivity contribution < 1.29 is 9.47 Å². The molecule has 3 aliphatic rings. The number of nitrogens with zero attached hydrogens (tertiary/aromatic N) is 1. The van der Waals surface area contributed by atoms with E-state index in [1.54, 1.807) is 12.7 Å². The van der Waals surface area contributed by atoms with Crippen molar-refractivity contribution in [3.8, 4) is 5.69 Å². The first kappa shape index (κ1) is 26.3. The van der Waals surface area contributed by atoms with Gasteiger partial charge in [0.1, 0.15) is 0 Å². The summed E-state index contributed by atoms with van der Waals surface area (Å²) in [5.74, 6) is 0.524. The van der Waals surface area contributed by atoms with Crippen LogP contribution in [0.3, 0.4) is 0 Å². The molecule has 1 saturated heterocycles. The van der Waals surface area contributed by atoms with E-state index in [-0.39, 0.29) is 5.41 Å². The average Bonchev–Trinajstić information content (AvgIpc) is 3.22. The second-order valence-electron chi connectivity index (χ2n) is 13.3. The third kappa shape index (κ3) is 5.19. The summed E-state index contributed by atoms with van der Waals surface area (Å²) in [5, 5.41) is 4.09. The number of allylic oxidation sites excluding steroid dienone is 4. The SMILES string of the molecule is COCC(C)(C)Cc1ccc(-n2c3c(c4cc(C5=CC=C(CC6(C)COC6)CC5C)ccc42)=CCCC=3)cc1. The molecule has 1 atom stereocenters. The largest absolute Gasteiger partial charge is 0.384 e. The number of aromatic nitrogens is 1. The van der Waals surface area contributed by atoms with Gasteiger partial charge in [-0.05, 0) is 84.4 Å². The molecule has 2 heterocycles. The Morgan fingerprint density at radius 2 is 1.79 bits per heavy atom. The molecule has 1 fully saturated rings. The third-order valence-corrected chi connectivity index (χ3v) is 8.80. The predicted octanol–water partition coefficient (Wildman–Crippen LogP) is 6.98. The second kappa shape index (κ2) is 10.3. The molecule has 3 nitrogen and oxygen atoms in total. The number of fused-ring (bicyclic) bond motifs is 3. The summed E-state index contributed by atoms with van der Waals surface area (Å²) in [4.78, 5) is 0. The summed E-state index contributed by atoms with van der Waals surface area (Å²) in [7, 11) is 1.79. The molecule has 1 unspecified atom stereocenters. The molecule has 0 saturated carbocycles. The summed E-state index contributed by atoms with van der Waals surface area (Å²) in [6.45, 7) is 11.8. The third-order valence-electron chi connectivity index (χ3n) is 8.80. The zero-order valence-electron chi connectivity index (χ0n) is 24.3. The van der Waals surface area contributed by atoms with Crippen molar-refractivity contribution in [1.82, 2.24) is 4.57 Å². The molecule has 1 aliphatic heterocycles. The Labute approximate surface area is 233 Å². The van der Waals surface area contributed by atoms with E-state index >= 15 is 0 Å². The van der Waals surface area contributed by atoms with Gasteiger partial charge in [0, 0.05) is 34.2 Å². The molecular weight excluding hydrogens is 478 g/mol. The van der Waals surface area contributed by atoms with Crippen LogP contribution in [0.2, 0.25) is 0 Å². The lowest BCUT2D eigenvalue weighted by Gasteiger charge is -2.39. The summed E-state index contributed by atoms with van der Waals surface area (Å²) in [6.07, 6.45) is 15.2. The van der Waals surface area contributed by atoms with Gasteiger partial charge in [-0.15, -0.1) is 0 Å². The van der Waals surface area contributed by atoms with Gasteiger partial charge in [-0.2, -0.15) is 0 Å². The van der Waals surface area contributed by atoms with Crippen molar-refractivity contribution in [3.63, 3.8) is 0 Å². The number of hydrogen-bond acceptors (Lipinski definition) is 2. The first-order valence-electron chi connectivity index (χ1n) is 14.7. The van der Waals surface area contributed by atoms with Gasteiger partial charge in [-0.3, -0.25) is 0 Å². The predicted molar refractivity (Wildman–Crippen MR) is 163 cm³/mol. The monoisotopic (exact) mass is 521 g/mol. The molecule has 0 N–H and O–H groups in total. The van der Waals surface area contributed by atoms with E-state index in [1.165, 1.54) is 43.9 Å². The molecule has 0 bridgehead atoms. The fourth-order valence-corrected chi connectivity index (χ4v) is 6.97. The van der Waals surface area contributed by atoms with Crippen LogP contribution < -0.4 is 10.6 Å². The van der Waals surface area contributed by atoms with Crippen molar-refractivity contribution in [3.05, 3.63) is 81.9 Å². The smallest absolute Gasteiger partial charge is 0.0545 e. The van der Waals surface area contributed by atoms with Crippen LogP contribution in [0, 0.1) is 16.7 Å². The number of ether oxygens (including phenoxy) is 2. The molecule has 39 heavy (non-hydrogen) atoms. The highest BCUT2D eigenvalue weighted by Crippen LogP contribution is 2.40. The van der Waals surface area contributed by atoms with Crippen LogP contribution in [0.4, 0.5) is 0 Å². The highest BCUT2D eigenvalue weighted by Gasteiger charge is 2.34. The van der Waals surface area contributed by atoms with E-state index in [2.05, 4.69) is 99.0 Å². The molecule has 0 amide bonds. The van der Waals surface area contributed by atoms with Crippen LogP contribution >= 0.6 is 0 Å². The number of benzene rings is 2. The van der Waals surface area contributed by atoms with Gasteiger partial charge in [-0.1, -0.05) is 75.8 Å². The van der Waals surface area contributed by atoms with Crippen molar-refractivity contribution in [2.45, 2.75) is 59.8 Å². The minimum atomic E-state index is 0.124. The summed E-state index contributed by atoms with van der Waals surface area (Å²) in [6, 6.07) is 16.3. The molecule has 2 aliphatic carbocycles. The van der Waals surface area contributed by atoms with Gasteiger partial charge in [0.25, 0.3) is 0 Å². The van der Waals surface area contributed by atoms with Gasteiger partial charge < -0.3 is 14.0 Å². The molecule has 0 radical (unpaired) electrons. The first-order valence-corrected chi connectivity index (χ1v) is 14.7. The average molecular weight is 522 g/mol. The molecule has 3 aromatic rings. The molecule has 1 aromatic heterocycles. The van der Waals surface area contributed by atoms with Gasteiger partial charge in [0.15, 0.2) is 0 Å². The summed E-state index contributed by atoms with van der Waals surface area (Å²) < 4.78 is 13.4. The molecular formula is C36H43NO2. The van der Waals surface area contributed by atoms with Crippen molar-refractivity contribution in [2.75, 3.05) is 26.9 Å². The maximum Gasteiger partial charge on any atom is 0.0545 e. The van der Waals surface area contributed by atoms with Crippen LogP contribution in [0.15, 0.2) is 60.2 Å². The van der Waals surface area contributed by atoms with Crippen LogP contribution in [-0.2, 0) is 15.9 Å². The van der Waals surface area contributed by atoms with E-state index in [1.807, 2.05) is 0 Å². The van der Waals surface area contributed by atoms with Crippen LogP contribution in [0.5, 0.6) is 0 Å². The van der Waals surface area contributed by atoms with Gasteiger partial charge in [-0.25, -0.2) is 0 Å². The lowest BCUT2D eigenvalue weighted by Crippen LogP contribution is -2.40. The lowest BCUT2D eigenvalue weighted by molar-refractivity contribution is -0.101. The minimum Gasteiger partial charge on any atom is -0.384 e. The van der Waals surface area contributed by atoms with E-state index in [0.717, 1.165) is 51.9 Å². The maximum atomic E-state index is 5.50. The lowest BCUT2D eigenvalue weighted by atomic mass is 9.76. The highest BCUT2D eigenvalue weighted by atomic mass is 16.5. The van der Waals surface area contributed by atoms with E-state index in [0.29, 0.717) is 11.3 Å². The molecule has 6 rings (SSSR count). The fraction of sp³-hybridized carbons (Fsp3) is 0.444. The van der Waals surface area contributed by atoms with Crippen molar-refractivity contribution in [2.24, 2.45) is 16.7 Å². The normalized spacial score (nSPS) is 20.4. The standard InChI is InChI=1S/C36H43NO2/c1-25-18-27(21-36(4)23-39-24-36)12-16-30(25)28-13-17-34-32(19-28)31-8-6-7-9-33(31)37(34)29-14-10-26(11-15-29)20-35(2,3)22-38-5/h8-17,19,25H,6-7,18,20-24H2,1-5H3. The molecule has 0 spiro atoms. The number of hydrogen-bond donors (Lipinski definition) is 0. The van der Waals surface area contributed by atoms with Gasteiger partial charge in [0.2, 0.25) is 0 Å². The van der Waals surface area contributed by atoms with Crippen LogP contribution in [0.1, 0.15) is 64.5 Å². The summed E-state index contributed by atoms with van der Waals surface area (Å²) >= 11 is 0. The Morgan fingerprint density at radius 1 is 1.03 bits per heavy atom. The number of rotatable bonds is 8. The Hall–Kier alpha value is -2.88. The molecule has 3 heteroatoms. The molecule has 204 valence electrons. The van der Waals surface area contributed by atoms with Crippen molar-refractivity contribution >= 4 is 28.6 Å². The Kier molecular flexibility index (Phi) is 6.93. The summed E-state index contributed by atoms with van der Waals surface area (Å²) in [5.41, 5.74) is 8.73. The highest BCUT2D eigenvalue weighted by molar-refractivity contribution is 5.88. The fourth-order valence-electron chi connectivity index (χ4n) is 6.97. The van der Waals surface area contributed by atoms with Crippen LogP contribution in [-0.4, -0.2) is 31.5 Å². The first-order chi connectivity index (χ1) is 18.8. The van der Waals surface area contributed by atoms with Gasteiger partial charge >= 0.3 is 0 Å². The van der Waals surface area contributed by atoms with Gasteiger partial charge in [0.05, 0.1) is 25.3 Å². The minimum absolute atomic E-state index is 0.124. The molecule has 2 aromatic carbocycles. The maximum absolute atomic E-state index is 5.50. The quantitative estimate of drug-likeness (QED) is 0.319. The zero-order chi connectivity index (χ0) is 27.2. The second-order valence-corrected chi connectivity index (χ2v) is 13.3. The Bertz CT molecular complexity index is 1560. The van der Waals surface area contributed by atoms with Crippen LogP contribution in [0.25, 0.3) is 34.3 Å². The van der Waals surface area contributed by atoms with E-state index < -0.39 is 0 Å². The Balaban J connectivity index is 1.36. The van der Waals surface area contributed by atoms with E-state index in [9.17, 15) is 0 Å². The topological polar surface area (TPSA) is 23.4 Å². The number of methoxy groups -OCH3 is 1. The Morgan fingerprint density at radius 3 is 2.49 bits per heavy atom. The van der Waals surface area contributed by atoms with E-state index in [4.69, 9.17) is 9.47 Å². The zero-order valence-corrected chi connectivity index (χ0v) is 24.3. The van der Waals surface area contributed by atoms with Crippen molar-refractivity contribution in [1.29, 1.82) is 0 Å².